The van der Waals surface area contributed by atoms with Crippen molar-refractivity contribution in [2.24, 2.45) is 5.92 Å². The first kappa shape index (κ1) is 16.6. The van der Waals surface area contributed by atoms with E-state index in [2.05, 4.69) is 4.98 Å². The van der Waals surface area contributed by atoms with Gasteiger partial charge in [0.05, 0.1) is 11.4 Å². The fraction of sp³-hybridized carbons (Fsp3) is 0.643. The fourth-order valence-electron chi connectivity index (χ4n) is 1.76. The van der Waals surface area contributed by atoms with Crippen molar-refractivity contribution >= 4 is 23.2 Å². The van der Waals surface area contributed by atoms with Crippen LogP contribution in [0.2, 0.25) is 0 Å². The Morgan fingerprint density at radius 1 is 1.35 bits per heavy atom. The van der Waals surface area contributed by atoms with Crippen LogP contribution in [0, 0.1) is 5.92 Å². The summed E-state index contributed by atoms with van der Waals surface area (Å²) in [6.45, 7) is 8.83. The van der Waals surface area contributed by atoms with Crippen molar-refractivity contribution in [2.75, 3.05) is 13.1 Å². The predicted molar refractivity (Wildman–Crippen MR) is 79.2 cm³/mol. The molecule has 1 aromatic rings. The maximum absolute atomic E-state index is 12.4. The molecule has 0 fully saturated rings. The molecule has 1 rings (SSSR count). The molecule has 20 heavy (non-hydrogen) atoms. The Morgan fingerprint density at radius 2 is 2.00 bits per heavy atom. The molecule has 0 atom stereocenters. The van der Waals surface area contributed by atoms with E-state index in [1.807, 2.05) is 27.7 Å². The first-order valence-corrected chi connectivity index (χ1v) is 7.65. The summed E-state index contributed by atoms with van der Waals surface area (Å²) in [5.74, 6) is -0.495. The highest BCUT2D eigenvalue weighted by Crippen LogP contribution is 2.20. The Hall–Kier alpha value is -1.43. The summed E-state index contributed by atoms with van der Waals surface area (Å²) < 4.78 is 0. The highest BCUT2D eigenvalue weighted by Gasteiger charge is 2.20. The number of hydrogen-bond donors (Lipinski definition) is 1. The number of aliphatic carboxylic acids is 1. The molecule has 5 nitrogen and oxygen atoms in total. The number of aromatic nitrogens is 1. The molecule has 0 aliphatic rings. The highest BCUT2D eigenvalue weighted by molar-refractivity contribution is 7.09. The zero-order valence-electron chi connectivity index (χ0n) is 12.4. The second-order valence-corrected chi connectivity index (χ2v) is 6.40. The van der Waals surface area contributed by atoms with Gasteiger partial charge < -0.3 is 10.0 Å². The third-order valence-electron chi connectivity index (χ3n) is 2.70. The van der Waals surface area contributed by atoms with Crippen LogP contribution in [0.25, 0.3) is 0 Å². The van der Waals surface area contributed by atoms with Crippen molar-refractivity contribution in [3.63, 3.8) is 0 Å². The zero-order valence-corrected chi connectivity index (χ0v) is 13.2. The van der Waals surface area contributed by atoms with Gasteiger partial charge in [-0.3, -0.25) is 9.59 Å². The molecule has 0 bridgehead atoms. The van der Waals surface area contributed by atoms with Crippen molar-refractivity contribution in [1.29, 1.82) is 0 Å². The Morgan fingerprint density at radius 3 is 2.45 bits per heavy atom. The van der Waals surface area contributed by atoms with E-state index in [0.29, 0.717) is 18.2 Å². The van der Waals surface area contributed by atoms with Gasteiger partial charge in [-0.2, -0.15) is 0 Å². The fourth-order valence-corrected chi connectivity index (χ4v) is 2.57. The Labute approximate surface area is 123 Å². The van der Waals surface area contributed by atoms with E-state index in [4.69, 9.17) is 5.11 Å². The maximum Gasteiger partial charge on any atom is 0.305 e. The van der Waals surface area contributed by atoms with Crippen LogP contribution in [0.3, 0.4) is 0 Å². The number of amides is 1. The number of carboxylic acid groups (broad SMARTS) is 1. The molecular weight excluding hydrogens is 276 g/mol. The van der Waals surface area contributed by atoms with Gasteiger partial charge in [0, 0.05) is 24.4 Å². The Bertz CT molecular complexity index is 469. The van der Waals surface area contributed by atoms with Gasteiger partial charge in [0.1, 0.15) is 5.69 Å². The number of nitrogens with zero attached hydrogens (tertiary/aromatic N) is 2. The van der Waals surface area contributed by atoms with Crippen LogP contribution in [-0.4, -0.2) is 40.0 Å². The number of carbonyl (C=O) groups excluding carboxylic acids is 1. The molecule has 0 radical (unpaired) electrons. The van der Waals surface area contributed by atoms with Crippen molar-refractivity contribution in [3.05, 3.63) is 16.1 Å². The van der Waals surface area contributed by atoms with Crippen molar-refractivity contribution in [2.45, 2.75) is 40.0 Å². The minimum atomic E-state index is -0.896. The van der Waals surface area contributed by atoms with E-state index in [0.717, 1.165) is 5.01 Å². The second-order valence-electron chi connectivity index (χ2n) is 5.51. The molecule has 112 valence electrons. The monoisotopic (exact) mass is 298 g/mol. The van der Waals surface area contributed by atoms with Gasteiger partial charge in [-0.15, -0.1) is 11.3 Å². The standard InChI is InChI=1S/C14H22N2O3S/c1-9(2)7-16(6-5-12(17)18)14(19)11-8-20-13(15-11)10(3)4/h8-10H,5-7H2,1-4H3,(H,17,18). The largest absolute Gasteiger partial charge is 0.481 e. The topological polar surface area (TPSA) is 70.5 Å². The molecule has 0 saturated carbocycles. The van der Waals surface area contributed by atoms with Gasteiger partial charge in [0.25, 0.3) is 5.91 Å². The van der Waals surface area contributed by atoms with Crippen LogP contribution in [-0.2, 0) is 4.79 Å². The average Bonchev–Trinajstić information content (AvgIpc) is 2.82. The molecular formula is C14H22N2O3S. The number of thiazole rings is 1. The minimum absolute atomic E-state index is 0.0420. The molecule has 1 heterocycles. The van der Waals surface area contributed by atoms with E-state index in [1.54, 1.807) is 10.3 Å². The van der Waals surface area contributed by atoms with Crippen molar-refractivity contribution in [3.8, 4) is 0 Å². The number of hydrogen-bond acceptors (Lipinski definition) is 4. The highest BCUT2D eigenvalue weighted by atomic mass is 32.1. The van der Waals surface area contributed by atoms with Crippen molar-refractivity contribution in [1.82, 2.24) is 9.88 Å². The summed E-state index contributed by atoms with van der Waals surface area (Å²) in [7, 11) is 0. The third kappa shape index (κ3) is 4.92. The lowest BCUT2D eigenvalue weighted by molar-refractivity contribution is -0.137. The molecule has 0 aliphatic heterocycles. The smallest absolute Gasteiger partial charge is 0.305 e. The van der Waals surface area contributed by atoms with Crippen LogP contribution in [0.1, 0.15) is 55.5 Å². The van der Waals surface area contributed by atoms with Crippen LogP contribution in [0.15, 0.2) is 5.38 Å². The summed E-state index contributed by atoms with van der Waals surface area (Å²) in [6.07, 6.45) is -0.0420. The third-order valence-corrected chi connectivity index (χ3v) is 3.85. The van der Waals surface area contributed by atoms with Crippen LogP contribution >= 0.6 is 11.3 Å². The summed E-state index contributed by atoms with van der Waals surface area (Å²) in [5.41, 5.74) is 0.421. The van der Waals surface area contributed by atoms with Gasteiger partial charge in [0.2, 0.25) is 0 Å². The summed E-state index contributed by atoms with van der Waals surface area (Å²) in [5, 5.41) is 11.5. The SMILES string of the molecule is CC(C)CN(CCC(=O)O)C(=O)c1csc(C(C)C)n1. The first-order valence-electron chi connectivity index (χ1n) is 6.77. The Balaban J connectivity index is 2.82. The average molecular weight is 298 g/mol. The van der Waals surface area contributed by atoms with E-state index >= 15 is 0 Å². The van der Waals surface area contributed by atoms with Crippen LogP contribution in [0.5, 0.6) is 0 Å². The number of carbonyl (C=O) groups is 2. The van der Waals surface area contributed by atoms with Gasteiger partial charge in [-0.25, -0.2) is 4.98 Å². The normalized spacial score (nSPS) is 11.1. The lowest BCUT2D eigenvalue weighted by Gasteiger charge is -2.23. The molecule has 0 saturated heterocycles. The molecule has 6 heteroatoms. The second kappa shape index (κ2) is 7.38. The summed E-state index contributed by atoms with van der Waals surface area (Å²) in [6, 6.07) is 0. The van der Waals surface area contributed by atoms with Gasteiger partial charge in [-0.05, 0) is 5.92 Å². The molecule has 1 aromatic heterocycles. The minimum Gasteiger partial charge on any atom is -0.481 e. The first-order chi connectivity index (χ1) is 9.31. The van der Waals surface area contributed by atoms with Crippen LogP contribution < -0.4 is 0 Å². The van der Waals surface area contributed by atoms with E-state index in [1.165, 1.54) is 11.3 Å². The van der Waals surface area contributed by atoms with E-state index < -0.39 is 5.97 Å². The molecule has 0 aromatic carbocycles. The predicted octanol–water partition coefficient (Wildman–Crippen LogP) is 2.84. The van der Waals surface area contributed by atoms with E-state index in [9.17, 15) is 9.59 Å². The molecule has 1 amide bonds. The lowest BCUT2D eigenvalue weighted by Crippen LogP contribution is -2.36. The molecule has 1 N–H and O–H groups in total. The van der Waals surface area contributed by atoms with Gasteiger partial charge in [0.15, 0.2) is 0 Å². The number of carboxylic acids is 1. The summed E-state index contributed by atoms with van der Waals surface area (Å²) >= 11 is 1.47. The van der Waals surface area contributed by atoms with Crippen molar-refractivity contribution < 1.29 is 14.7 Å². The lowest BCUT2D eigenvalue weighted by atomic mass is 10.2. The maximum atomic E-state index is 12.4. The van der Waals surface area contributed by atoms with Gasteiger partial charge >= 0.3 is 5.97 Å². The Kier molecular flexibility index (Phi) is 6.13. The zero-order chi connectivity index (χ0) is 15.3. The summed E-state index contributed by atoms with van der Waals surface area (Å²) in [4.78, 5) is 29.0. The molecule has 0 spiro atoms. The van der Waals surface area contributed by atoms with E-state index in [-0.39, 0.29) is 24.8 Å². The molecule has 0 aliphatic carbocycles. The molecule has 0 unspecified atom stereocenters. The van der Waals surface area contributed by atoms with Gasteiger partial charge in [-0.1, -0.05) is 27.7 Å². The van der Waals surface area contributed by atoms with Crippen LogP contribution in [0.4, 0.5) is 0 Å². The quantitative estimate of drug-likeness (QED) is 0.840. The number of rotatable bonds is 7.